The lowest BCUT2D eigenvalue weighted by Crippen LogP contribution is -2.38. The number of hydrogen-bond donors (Lipinski definition) is 2. The van der Waals surface area contributed by atoms with Crippen LogP contribution in [0.15, 0.2) is 24.8 Å². The van der Waals surface area contributed by atoms with Gasteiger partial charge >= 0.3 is 0 Å². The predicted octanol–water partition coefficient (Wildman–Crippen LogP) is 2.47. The van der Waals surface area contributed by atoms with Crippen molar-refractivity contribution in [3.63, 3.8) is 0 Å². The maximum Gasteiger partial charge on any atom is 0.0267 e. The number of rotatable bonds is 6. The summed E-state index contributed by atoms with van der Waals surface area (Å²) in [5.74, 6) is 1.13. The Morgan fingerprint density at radius 2 is 2.38 bits per heavy atom. The number of nitrogens with one attached hydrogen (secondary N) is 1. The quantitative estimate of drug-likeness (QED) is 0.535. The van der Waals surface area contributed by atoms with E-state index in [2.05, 4.69) is 31.0 Å². The summed E-state index contributed by atoms with van der Waals surface area (Å²) in [6, 6.07) is 0.113. The maximum atomic E-state index is 6.12. The van der Waals surface area contributed by atoms with Crippen LogP contribution in [0.2, 0.25) is 0 Å². The third-order valence-electron chi connectivity index (χ3n) is 3.48. The first kappa shape index (κ1) is 13.5. The number of nitrogens with two attached hydrogens (primary N) is 1. The normalized spacial score (nSPS) is 27.4. The topological polar surface area (TPSA) is 38.0 Å². The van der Waals surface area contributed by atoms with Gasteiger partial charge in [0.15, 0.2) is 0 Å². The Morgan fingerprint density at radius 3 is 3.06 bits per heavy atom. The molecular formula is C14H26N2. The highest BCUT2D eigenvalue weighted by atomic mass is 14.9. The van der Waals surface area contributed by atoms with E-state index in [9.17, 15) is 0 Å². The van der Waals surface area contributed by atoms with Gasteiger partial charge < -0.3 is 11.1 Å². The summed E-state index contributed by atoms with van der Waals surface area (Å²) < 4.78 is 0. The van der Waals surface area contributed by atoms with Gasteiger partial charge in [-0.2, -0.15) is 0 Å². The van der Waals surface area contributed by atoms with Gasteiger partial charge in [-0.25, -0.2) is 0 Å². The average molecular weight is 222 g/mol. The third kappa shape index (κ3) is 4.11. The Balaban J connectivity index is 2.54. The first-order valence-corrected chi connectivity index (χ1v) is 6.55. The first-order chi connectivity index (χ1) is 7.79. The van der Waals surface area contributed by atoms with Gasteiger partial charge in [-0.05, 0) is 18.3 Å². The molecule has 3 unspecified atom stereocenters. The zero-order valence-electron chi connectivity index (χ0n) is 10.5. The largest absolute Gasteiger partial charge is 0.324 e. The van der Waals surface area contributed by atoms with Gasteiger partial charge in [0, 0.05) is 19.1 Å². The molecule has 1 aliphatic heterocycles. The predicted molar refractivity (Wildman–Crippen MR) is 71.3 cm³/mol. The van der Waals surface area contributed by atoms with Crippen molar-refractivity contribution >= 4 is 0 Å². The van der Waals surface area contributed by atoms with Crippen molar-refractivity contribution in [3.05, 3.63) is 24.8 Å². The molecule has 3 atom stereocenters. The third-order valence-corrected chi connectivity index (χ3v) is 3.48. The molecule has 0 amide bonds. The lowest BCUT2D eigenvalue weighted by Gasteiger charge is -2.27. The van der Waals surface area contributed by atoms with Gasteiger partial charge in [0.1, 0.15) is 0 Å². The van der Waals surface area contributed by atoms with Crippen molar-refractivity contribution < 1.29 is 0 Å². The molecule has 0 aromatic carbocycles. The number of allylic oxidation sites excluding steroid dienone is 1. The van der Waals surface area contributed by atoms with E-state index in [1.54, 1.807) is 0 Å². The molecule has 0 radical (unpaired) electrons. The zero-order chi connectivity index (χ0) is 11.8. The minimum absolute atomic E-state index is 0.113. The molecule has 0 spiro atoms. The smallest absolute Gasteiger partial charge is 0.0267 e. The van der Waals surface area contributed by atoms with Crippen molar-refractivity contribution in [2.75, 3.05) is 13.1 Å². The minimum atomic E-state index is 0.113. The Kier molecular flexibility index (Phi) is 6.43. The van der Waals surface area contributed by atoms with E-state index < -0.39 is 0 Å². The second-order valence-corrected chi connectivity index (χ2v) is 4.72. The first-order valence-electron chi connectivity index (χ1n) is 6.55. The van der Waals surface area contributed by atoms with Crippen LogP contribution >= 0.6 is 0 Å². The molecule has 2 nitrogen and oxygen atoms in total. The molecular weight excluding hydrogens is 196 g/mol. The standard InChI is InChI=1S/C14H26N2/c1-3-5-6-8-12-9-7-10-16-11-13(12)14(15)4-2/h4,7,9,12-14,16H,2-3,5-6,8,10-11,15H2,1H3. The second kappa shape index (κ2) is 7.64. The number of hydrogen-bond acceptors (Lipinski definition) is 2. The van der Waals surface area contributed by atoms with Crippen molar-refractivity contribution in [1.82, 2.24) is 5.32 Å². The summed E-state index contributed by atoms with van der Waals surface area (Å²) in [5.41, 5.74) is 6.12. The van der Waals surface area contributed by atoms with Crippen molar-refractivity contribution in [2.45, 2.75) is 38.6 Å². The Bertz CT molecular complexity index is 223. The van der Waals surface area contributed by atoms with Crippen LogP contribution in [0.3, 0.4) is 0 Å². The van der Waals surface area contributed by atoms with E-state index >= 15 is 0 Å². The molecule has 0 bridgehead atoms. The molecule has 2 heteroatoms. The summed E-state index contributed by atoms with van der Waals surface area (Å²) in [6.45, 7) is 8.06. The van der Waals surface area contributed by atoms with Crippen LogP contribution in [-0.4, -0.2) is 19.1 Å². The lowest BCUT2D eigenvalue weighted by molar-refractivity contribution is 0.330. The van der Waals surface area contributed by atoms with Crippen LogP contribution in [0.25, 0.3) is 0 Å². The molecule has 0 aromatic heterocycles. The fourth-order valence-electron chi connectivity index (χ4n) is 2.41. The Morgan fingerprint density at radius 1 is 1.56 bits per heavy atom. The molecule has 1 rings (SSSR count). The summed E-state index contributed by atoms with van der Waals surface area (Å²) >= 11 is 0. The highest BCUT2D eigenvalue weighted by Crippen LogP contribution is 2.24. The van der Waals surface area contributed by atoms with Crippen LogP contribution in [0, 0.1) is 11.8 Å². The van der Waals surface area contributed by atoms with Gasteiger partial charge in [-0.15, -0.1) is 6.58 Å². The molecule has 3 N–H and O–H groups in total. The highest BCUT2D eigenvalue weighted by molar-refractivity contribution is 5.02. The summed E-state index contributed by atoms with van der Waals surface area (Å²) in [6.07, 6.45) is 11.7. The molecule has 0 aliphatic carbocycles. The van der Waals surface area contributed by atoms with Crippen LogP contribution in [0.4, 0.5) is 0 Å². The summed E-state index contributed by atoms with van der Waals surface area (Å²) in [4.78, 5) is 0. The van der Waals surface area contributed by atoms with E-state index in [1.165, 1.54) is 25.7 Å². The van der Waals surface area contributed by atoms with Gasteiger partial charge in [0.05, 0.1) is 0 Å². The van der Waals surface area contributed by atoms with E-state index in [-0.39, 0.29) is 6.04 Å². The minimum Gasteiger partial charge on any atom is -0.324 e. The number of unbranched alkanes of at least 4 members (excludes halogenated alkanes) is 2. The highest BCUT2D eigenvalue weighted by Gasteiger charge is 2.24. The second-order valence-electron chi connectivity index (χ2n) is 4.72. The molecule has 1 aliphatic rings. The SMILES string of the molecule is C=CC(N)C1CNCC=CC1CCCCC. The average Bonchev–Trinajstić information content (AvgIpc) is 2.54. The fraction of sp³-hybridized carbons (Fsp3) is 0.714. The van der Waals surface area contributed by atoms with Crippen molar-refractivity contribution in [3.8, 4) is 0 Å². The zero-order valence-corrected chi connectivity index (χ0v) is 10.5. The van der Waals surface area contributed by atoms with Crippen LogP contribution in [0.5, 0.6) is 0 Å². The van der Waals surface area contributed by atoms with Crippen LogP contribution in [0.1, 0.15) is 32.6 Å². The molecule has 16 heavy (non-hydrogen) atoms. The van der Waals surface area contributed by atoms with E-state index in [4.69, 9.17) is 5.73 Å². The summed E-state index contributed by atoms with van der Waals surface area (Å²) in [5, 5.41) is 3.42. The van der Waals surface area contributed by atoms with Crippen LogP contribution in [-0.2, 0) is 0 Å². The van der Waals surface area contributed by atoms with Gasteiger partial charge in [0.2, 0.25) is 0 Å². The van der Waals surface area contributed by atoms with Gasteiger partial charge in [-0.3, -0.25) is 0 Å². The molecule has 0 saturated carbocycles. The van der Waals surface area contributed by atoms with E-state index in [1.807, 2.05) is 6.08 Å². The molecule has 0 saturated heterocycles. The van der Waals surface area contributed by atoms with Crippen molar-refractivity contribution in [2.24, 2.45) is 17.6 Å². The molecule has 1 heterocycles. The van der Waals surface area contributed by atoms with E-state index in [0.29, 0.717) is 11.8 Å². The van der Waals surface area contributed by atoms with Crippen LogP contribution < -0.4 is 11.1 Å². The lowest BCUT2D eigenvalue weighted by atomic mass is 9.83. The van der Waals surface area contributed by atoms with Crippen molar-refractivity contribution in [1.29, 1.82) is 0 Å². The molecule has 0 aromatic rings. The summed E-state index contributed by atoms with van der Waals surface area (Å²) in [7, 11) is 0. The molecule has 92 valence electrons. The monoisotopic (exact) mass is 222 g/mol. The Hall–Kier alpha value is -0.600. The Labute approximate surface area is 100.0 Å². The van der Waals surface area contributed by atoms with Gasteiger partial charge in [-0.1, -0.05) is 44.4 Å². The maximum absolute atomic E-state index is 6.12. The van der Waals surface area contributed by atoms with Gasteiger partial charge in [0.25, 0.3) is 0 Å². The fourth-order valence-corrected chi connectivity index (χ4v) is 2.41. The van der Waals surface area contributed by atoms with E-state index in [0.717, 1.165) is 13.1 Å². The molecule has 0 fully saturated rings.